The van der Waals surface area contributed by atoms with Crippen LogP contribution in [0.2, 0.25) is 0 Å². The SMILES string of the molecule is C=C=C=C=C=C=C=C=C(C#CC#CC#COP(=O)([O-])OCCCCCCNC(C)=O)CC. The fourth-order valence-electron chi connectivity index (χ4n) is 1.77. The Morgan fingerprint density at radius 1 is 1.00 bits per heavy atom. The average Bonchev–Trinajstić information content (AvgIpc) is 2.75. The van der Waals surface area contributed by atoms with Crippen molar-refractivity contribution in [2.75, 3.05) is 13.2 Å². The minimum atomic E-state index is -4.50. The lowest BCUT2D eigenvalue weighted by Crippen LogP contribution is -2.20. The summed E-state index contributed by atoms with van der Waals surface area (Å²) in [6, 6.07) is 0. The van der Waals surface area contributed by atoms with Gasteiger partial charge in [-0.05, 0) is 78.0 Å². The number of phosphoric ester groups is 1. The fraction of sp³-hybridized carbons (Fsp3) is 0.360. The second kappa shape index (κ2) is 19.3. The van der Waals surface area contributed by atoms with E-state index in [4.69, 9.17) is 4.52 Å². The highest BCUT2D eigenvalue weighted by molar-refractivity contribution is 7.46. The van der Waals surface area contributed by atoms with E-state index in [0.29, 0.717) is 25.0 Å². The molecule has 0 rings (SSSR count). The van der Waals surface area contributed by atoms with Crippen LogP contribution < -0.4 is 10.2 Å². The van der Waals surface area contributed by atoms with E-state index in [1.54, 1.807) is 0 Å². The number of carbonyl (C=O) groups excluding carboxylic acids is 1. The molecule has 32 heavy (non-hydrogen) atoms. The van der Waals surface area contributed by atoms with Crippen LogP contribution in [0.4, 0.5) is 0 Å². The predicted molar refractivity (Wildman–Crippen MR) is 119 cm³/mol. The van der Waals surface area contributed by atoms with Crippen LogP contribution in [0.15, 0.2) is 52.3 Å². The molecule has 6 nitrogen and oxygen atoms in total. The van der Waals surface area contributed by atoms with Gasteiger partial charge < -0.3 is 19.3 Å². The molecule has 1 atom stereocenters. The minimum Gasteiger partial charge on any atom is -0.746 e. The first-order valence-electron chi connectivity index (χ1n) is 9.69. The number of rotatable bonds is 10. The van der Waals surface area contributed by atoms with Crippen LogP contribution in [0.3, 0.4) is 0 Å². The first kappa shape index (κ1) is 28.3. The van der Waals surface area contributed by atoms with Crippen LogP contribution >= 0.6 is 7.82 Å². The summed E-state index contributed by atoms with van der Waals surface area (Å²) in [6.45, 7) is 7.27. The zero-order valence-corrected chi connectivity index (χ0v) is 19.0. The van der Waals surface area contributed by atoms with Crippen LogP contribution in [0, 0.1) is 35.7 Å². The quantitative estimate of drug-likeness (QED) is 0.240. The summed E-state index contributed by atoms with van der Waals surface area (Å²) in [5, 5.41) is 2.69. The number of hydrogen-bond acceptors (Lipinski definition) is 5. The highest BCUT2D eigenvalue weighted by Crippen LogP contribution is 2.37. The molecule has 7 heteroatoms. The van der Waals surface area contributed by atoms with E-state index in [1.165, 1.54) is 6.92 Å². The summed E-state index contributed by atoms with van der Waals surface area (Å²) in [7, 11) is -4.50. The maximum atomic E-state index is 11.6. The molecule has 0 aliphatic carbocycles. The second-order valence-electron chi connectivity index (χ2n) is 5.75. The predicted octanol–water partition coefficient (Wildman–Crippen LogP) is 3.20. The Kier molecular flexibility index (Phi) is 17.0. The van der Waals surface area contributed by atoms with Crippen molar-refractivity contribution in [1.82, 2.24) is 5.32 Å². The van der Waals surface area contributed by atoms with Gasteiger partial charge in [0.1, 0.15) is 6.11 Å². The Balaban J connectivity index is 4.50. The molecule has 0 aliphatic rings. The van der Waals surface area contributed by atoms with Crippen LogP contribution in [0.5, 0.6) is 0 Å². The summed E-state index contributed by atoms with van der Waals surface area (Å²) in [5.41, 5.74) is 18.4. The van der Waals surface area contributed by atoms with Gasteiger partial charge in [0.2, 0.25) is 5.91 Å². The Hall–Kier alpha value is -3.70. The van der Waals surface area contributed by atoms with Crippen molar-refractivity contribution in [2.24, 2.45) is 0 Å². The summed E-state index contributed by atoms with van der Waals surface area (Å²) < 4.78 is 20.7. The first-order chi connectivity index (χ1) is 15.4. The van der Waals surface area contributed by atoms with Crippen LogP contribution in [0.1, 0.15) is 46.0 Å². The molecule has 1 amide bonds. The molecule has 1 unspecified atom stereocenters. The van der Waals surface area contributed by atoms with E-state index in [1.807, 2.05) is 13.0 Å². The van der Waals surface area contributed by atoms with Crippen molar-refractivity contribution in [1.29, 1.82) is 0 Å². The van der Waals surface area contributed by atoms with Gasteiger partial charge in [-0.15, -0.1) is 0 Å². The zero-order chi connectivity index (χ0) is 23.9. The summed E-state index contributed by atoms with van der Waals surface area (Å²) in [6.07, 6.45) is 5.55. The van der Waals surface area contributed by atoms with Crippen molar-refractivity contribution in [3.8, 4) is 35.7 Å². The van der Waals surface area contributed by atoms with Crippen molar-refractivity contribution in [2.45, 2.75) is 46.0 Å². The van der Waals surface area contributed by atoms with Gasteiger partial charge in [-0.3, -0.25) is 9.36 Å². The van der Waals surface area contributed by atoms with Gasteiger partial charge in [-0.1, -0.05) is 25.5 Å². The number of allylic oxidation sites excluding steroid dienone is 1. The highest BCUT2D eigenvalue weighted by Gasteiger charge is 2.07. The van der Waals surface area contributed by atoms with Crippen molar-refractivity contribution in [3.63, 3.8) is 0 Å². The molecule has 0 saturated heterocycles. The lowest BCUT2D eigenvalue weighted by Gasteiger charge is -2.18. The van der Waals surface area contributed by atoms with E-state index in [-0.39, 0.29) is 12.5 Å². The van der Waals surface area contributed by atoms with Gasteiger partial charge in [-0.2, -0.15) is 0 Å². The molecule has 0 radical (unpaired) electrons. The van der Waals surface area contributed by atoms with E-state index >= 15 is 0 Å². The monoisotopic (exact) mass is 448 g/mol. The zero-order valence-electron chi connectivity index (χ0n) is 18.1. The molecule has 0 saturated carbocycles. The molecule has 164 valence electrons. The van der Waals surface area contributed by atoms with Crippen LogP contribution in [0.25, 0.3) is 0 Å². The highest BCUT2D eigenvalue weighted by atomic mass is 31.2. The minimum absolute atomic E-state index is 0.0000654. The summed E-state index contributed by atoms with van der Waals surface area (Å²) in [4.78, 5) is 22.3. The largest absolute Gasteiger partial charge is 0.746 e. The number of hydrogen-bond donors (Lipinski definition) is 1. The maximum Gasteiger partial charge on any atom is 0.328 e. The fourth-order valence-corrected chi connectivity index (χ4v) is 2.34. The third-order valence-electron chi connectivity index (χ3n) is 3.21. The molecule has 0 aliphatic heterocycles. The Morgan fingerprint density at radius 2 is 1.69 bits per heavy atom. The van der Waals surface area contributed by atoms with Crippen molar-refractivity contribution in [3.05, 3.63) is 52.3 Å². The molecule has 0 spiro atoms. The Labute approximate surface area is 189 Å². The van der Waals surface area contributed by atoms with Gasteiger partial charge >= 0.3 is 7.82 Å². The van der Waals surface area contributed by atoms with E-state index in [0.717, 1.165) is 19.3 Å². The number of carbonyl (C=O) groups is 1. The normalized spacial score (nSPS) is 9.72. The third-order valence-corrected chi connectivity index (χ3v) is 4.02. The first-order valence-corrected chi connectivity index (χ1v) is 11.2. The van der Waals surface area contributed by atoms with Gasteiger partial charge in [0.05, 0.1) is 12.2 Å². The van der Waals surface area contributed by atoms with E-state index in [2.05, 4.69) is 86.1 Å². The third kappa shape index (κ3) is 19.6. The number of nitrogens with one attached hydrogen (secondary N) is 1. The summed E-state index contributed by atoms with van der Waals surface area (Å²) >= 11 is 0. The number of unbranched alkanes of at least 4 members (excludes halogenated alkanes) is 3. The smallest absolute Gasteiger partial charge is 0.328 e. The molecule has 0 fully saturated rings. The molecule has 0 aromatic heterocycles. The molecule has 0 aromatic rings. The molecular weight excluding hydrogens is 425 g/mol. The molecule has 0 heterocycles. The standard InChI is InChI=1S/C25H24NO5P/c1-4-6-7-8-9-14-19-25(5-2)20-15-10-12-17-22-30-32(28,29)31-23-18-13-11-16-21-26-24(3)27/h1,5,11,13,16,18,21,23H2,2-3H3,(H,26,27)(H,28,29)/p-1. The molecule has 0 bridgehead atoms. The van der Waals surface area contributed by atoms with Gasteiger partial charge in [0.15, 0.2) is 0 Å². The molecular formula is C25H23NO5P-. The summed E-state index contributed by atoms with van der Waals surface area (Å²) in [5.74, 6) is 12.3. The van der Waals surface area contributed by atoms with Crippen molar-refractivity contribution < 1.29 is 23.3 Å². The number of amides is 1. The average molecular weight is 448 g/mol. The molecule has 1 N–H and O–H groups in total. The van der Waals surface area contributed by atoms with Gasteiger partial charge in [0, 0.05) is 25.3 Å². The van der Waals surface area contributed by atoms with Crippen LogP contribution in [-0.2, 0) is 18.4 Å². The maximum absolute atomic E-state index is 11.6. The topological polar surface area (TPSA) is 87.7 Å². The Morgan fingerprint density at radius 3 is 2.41 bits per heavy atom. The lowest BCUT2D eigenvalue weighted by molar-refractivity contribution is -0.219. The van der Waals surface area contributed by atoms with E-state index < -0.39 is 7.82 Å². The second-order valence-corrected chi connectivity index (χ2v) is 7.09. The van der Waals surface area contributed by atoms with Crippen LogP contribution in [-0.4, -0.2) is 19.1 Å². The van der Waals surface area contributed by atoms with Gasteiger partial charge in [0.25, 0.3) is 0 Å². The van der Waals surface area contributed by atoms with E-state index in [9.17, 15) is 14.3 Å². The Bertz CT molecular complexity index is 1150. The number of phosphoric acid groups is 1. The van der Waals surface area contributed by atoms with Crippen molar-refractivity contribution >= 4 is 13.7 Å². The van der Waals surface area contributed by atoms with Gasteiger partial charge in [-0.25, -0.2) is 0 Å². The lowest BCUT2D eigenvalue weighted by atomic mass is 10.2. The molecule has 0 aromatic carbocycles.